The van der Waals surface area contributed by atoms with Crippen LogP contribution in [0.5, 0.6) is 11.5 Å². The van der Waals surface area contributed by atoms with Crippen LogP contribution in [0.1, 0.15) is 130 Å². The molecule has 13 rings (SSSR count). The highest BCUT2D eigenvalue weighted by Crippen LogP contribution is 2.76. The van der Waals surface area contributed by atoms with E-state index in [0.717, 1.165) is 71.9 Å². The van der Waals surface area contributed by atoms with Crippen molar-refractivity contribution in [1.29, 1.82) is 0 Å². The van der Waals surface area contributed by atoms with Crippen LogP contribution in [0.2, 0.25) is 0 Å². The second-order valence-corrected chi connectivity index (χ2v) is 23.7. The number of halogens is 2. The minimum absolute atomic E-state index is 0.170. The van der Waals surface area contributed by atoms with E-state index in [9.17, 15) is 10.2 Å². The Hall–Kier alpha value is -4.51. The maximum Gasteiger partial charge on any atom is 0.127 e. The molecule has 1 heterocycles. The zero-order valence-corrected chi connectivity index (χ0v) is 36.2. The van der Waals surface area contributed by atoms with Crippen LogP contribution in [-0.2, 0) is 10.8 Å². The molecule has 60 heavy (non-hydrogen) atoms. The second-order valence-electron chi connectivity index (χ2n) is 23.7. The van der Waals surface area contributed by atoms with Crippen LogP contribution in [0.25, 0.3) is 44.8 Å². The van der Waals surface area contributed by atoms with Crippen molar-refractivity contribution in [3.63, 3.8) is 0 Å². The van der Waals surface area contributed by atoms with Gasteiger partial charge in [-0.2, -0.15) is 0 Å². The number of aromatic hydroxyl groups is 2. The number of benzene rings is 4. The van der Waals surface area contributed by atoms with Crippen LogP contribution >= 0.6 is 0 Å². The molecule has 0 amide bonds. The van der Waals surface area contributed by atoms with Gasteiger partial charge in [0.1, 0.15) is 23.1 Å². The number of pyridine rings is 1. The van der Waals surface area contributed by atoms with Gasteiger partial charge in [-0.15, -0.1) is 0 Å². The van der Waals surface area contributed by atoms with E-state index in [4.69, 9.17) is 4.98 Å². The highest BCUT2D eigenvalue weighted by Gasteiger charge is 2.66. The zero-order chi connectivity index (χ0) is 41.9. The molecule has 310 valence electrons. The van der Waals surface area contributed by atoms with E-state index in [1.54, 1.807) is 12.1 Å². The fraction of sp³-hybridized carbons (Fsp3) is 0.473. The van der Waals surface area contributed by atoms with E-state index in [1.165, 1.54) is 50.7 Å². The van der Waals surface area contributed by atoms with Crippen molar-refractivity contribution in [3.05, 3.63) is 114 Å². The number of aromatic nitrogens is 1. The lowest BCUT2D eigenvalue weighted by molar-refractivity contribution is -0.153. The van der Waals surface area contributed by atoms with Gasteiger partial charge in [-0.05, 0) is 157 Å². The average Bonchev–Trinajstić information content (AvgIpc) is 3.12. The molecule has 8 aliphatic rings. The fourth-order valence-electron chi connectivity index (χ4n) is 18.2. The molecule has 0 radical (unpaired) electrons. The Bertz CT molecular complexity index is 2360. The Morgan fingerprint density at radius 2 is 0.683 bits per heavy atom. The number of nitrogens with zero attached hydrogens (tertiary/aromatic N) is 1. The second kappa shape index (κ2) is 12.1. The van der Waals surface area contributed by atoms with Crippen molar-refractivity contribution >= 4 is 0 Å². The summed E-state index contributed by atoms with van der Waals surface area (Å²) in [6.45, 7) is 14.5. The summed E-state index contributed by atoms with van der Waals surface area (Å²) in [5.74, 6) is -0.313. The Balaban J connectivity index is 0.996. The molecular weight excluding hydrogens is 745 g/mol. The number of phenols is 2. The molecule has 0 unspecified atom stereocenters. The van der Waals surface area contributed by atoms with Crippen molar-refractivity contribution in [3.8, 4) is 56.3 Å². The Kier molecular flexibility index (Phi) is 7.75. The largest absolute Gasteiger partial charge is 0.507 e. The van der Waals surface area contributed by atoms with E-state index in [0.29, 0.717) is 22.5 Å². The maximum absolute atomic E-state index is 16.1. The molecule has 5 aromatic rings. The SMILES string of the molecule is CC12CC3(C)CC(C)(C1)CC(c1cc(F)cc(-c4ccccc4-c4cccc(-c5ccccc5-c5cc(F)cc(C67CC8(C)CC(C)(CC(C)(C8)C6)C7)c5O)n4)c1O)(C2)C3. The molecule has 8 fully saturated rings. The summed E-state index contributed by atoms with van der Waals surface area (Å²) in [4.78, 5) is 5.25. The van der Waals surface area contributed by atoms with E-state index in [2.05, 4.69) is 41.5 Å². The molecule has 0 spiro atoms. The molecular formula is C55H59F2NO2. The normalized spacial score (nSPS) is 37.2. The fourth-order valence-corrected chi connectivity index (χ4v) is 18.2. The summed E-state index contributed by atoms with van der Waals surface area (Å²) in [7, 11) is 0. The summed E-state index contributed by atoms with van der Waals surface area (Å²) < 4.78 is 32.1. The van der Waals surface area contributed by atoms with Crippen molar-refractivity contribution in [2.45, 2.75) is 129 Å². The monoisotopic (exact) mass is 803 g/mol. The molecule has 3 nitrogen and oxygen atoms in total. The van der Waals surface area contributed by atoms with Crippen molar-refractivity contribution < 1.29 is 19.0 Å². The maximum atomic E-state index is 16.1. The minimum atomic E-state index is -0.334. The van der Waals surface area contributed by atoms with Gasteiger partial charge < -0.3 is 10.2 Å². The molecule has 5 heteroatoms. The lowest BCUT2D eigenvalue weighted by Gasteiger charge is -2.69. The van der Waals surface area contributed by atoms with Crippen LogP contribution in [0.4, 0.5) is 8.78 Å². The van der Waals surface area contributed by atoms with Gasteiger partial charge in [-0.3, -0.25) is 0 Å². The van der Waals surface area contributed by atoms with Gasteiger partial charge in [0.25, 0.3) is 0 Å². The lowest BCUT2D eigenvalue weighted by Crippen LogP contribution is -2.60. The highest BCUT2D eigenvalue weighted by atomic mass is 19.1. The number of hydrogen-bond acceptors (Lipinski definition) is 3. The van der Waals surface area contributed by atoms with Crippen LogP contribution in [-0.4, -0.2) is 15.2 Å². The summed E-state index contributed by atoms with van der Waals surface area (Å²) in [6, 6.07) is 27.8. The molecule has 8 bridgehead atoms. The first kappa shape index (κ1) is 38.4. The van der Waals surface area contributed by atoms with Crippen molar-refractivity contribution in [2.75, 3.05) is 0 Å². The molecule has 8 aliphatic carbocycles. The first-order valence-electron chi connectivity index (χ1n) is 22.5. The molecule has 2 N–H and O–H groups in total. The molecule has 8 saturated carbocycles. The first-order chi connectivity index (χ1) is 28.2. The highest BCUT2D eigenvalue weighted by molar-refractivity contribution is 5.89. The number of phenolic OH excluding ortho intramolecular Hbond substituents is 2. The third-order valence-electron chi connectivity index (χ3n) is 16.7. The summed E-state index contributed by atoms with van der Waals surface area (Å²) in [6.07, 6.45) is 12.9. The van der Waals surface area contributed by atoms with Crippen LogP contribution in [0.3, 0.4) is 0 Å². The van der Waals surface area contributed by atoms with Crippen molar-refractivity contribution in [1.82, 2.24) is 4.98 Å². The number of rotatable bonds is 6. The van der Waals surface area contributed by atoms with Gasteiger partial charge in [0, 0.05) is 44.2 Å². The van der Waals surface area contributed by atoms with Crippen LogP contribution in [0, 0.1) is 44.1 Å². The third kappa shape index (κ3) is 5.79. The topological polar surface area (TPSA) is 53.4 Å². The predicted octanol–water partition coefficient (Wildman–Crippen LogP) is 14.7. The average molecular weight is 804 g/mol. The third-order valence-corrected chi connectivity index (χ3v) is 16.7. The van der Waals surface area contributed by atoms with Gasteiger partial charge in [-0.1, -0.05) is 96.1 Å². The molecule has 0 atom stereocenters. The van der Waals surface area contributed by atoms with Crippen molar-refractivity contribution in [2.24, 2.45) is 32.5 Å². The minimum Gasteiger partial charge on any atom is -0.507 e. The lowest BCUT2D eigenvalue weighted by atomic mass is 9.35. The van der Waals surface area contributed by atoms with E-state index in [1.807, 2.05) is 66.7 Å². The molecule has 4 aromatic carbocycles. The first-order valence-corrected chi connectivity index (χ1v) is 22.5. The zero-order valence-electron chi connectivity index (χ0n) is 36.2. The molecule has 1 aromatic heterocycles. The van der Waals surface area contributed by atoms with Gasteiger partial charge in [0.2, 0.25) is 0 Å². The molecule has 0 saturated heterocycles. The number of hydrogen-bond donors (Lipinski definition) is 2. The van der Waals surface area contributed by atoms with Gasteiger partial charge in [0.15, 0.2) is 0 Å². The van der Waals surface area contributed by atoms with Crippen LogP contribution < -0.4 is 0 Å². The van der Waals surface area contributed by atoms with Gasteiger partial charge in [0.05, 0.1) is 11.4 Å². The summed E-state index contributed by atoms with van der Waals surface area (Å²) in [5.41, 5.74) is 7.32. The van der Waals surface area contributed by atoms with Gasteiger partial charge in [-0.25, -0.2) is 13.8 Å². The Labute approximate surface area is 354 Å². The van der Waals surface area contributed by atoms with Gasteiger partial charge >= 0.3 is 0 Å². The summed E-state index contributed by atoms with van der Waals surface area (Å²) >= 11 is 0. The summed E-state index contributed by atoms with van der Waals surface area (Å²) in [5, 5.41) is 24.8. The Morgan fingerprint density at radius 1 is 0.383 bits per heavy atom. The standard InChI is InChI=1S/C55H59F2NO2/c1-48-22-49(2)24-50(3,23-48)30-54(28-48,29-49)42-20-34(56)18-40(46(42)59)36-12-7-9-14-38(36)44-16-11-17-45(58-44)39-15-10-8-13-37(39)41-19-35(57)21-43(47(41)60)55-31-51(4)25-52(5,32-55)27-53(6,26-51)33-55/h7-21,59-60H,22-33H2,1-6H3. The predicted molar refractivity (Wildman–Crippen MR) is 237 cm³/mol. The Morgan fingerprint density at radius 3 is 1.00 bits per heavy atom. The smallest absolute Gasteiger partial charge is 0.127 e. The molecule has 0 aliphatic heterocycles. The quantitative estimate of drug-likeness (QED) is 0.180. The van der Waals surface area contributed by atoms with E-state index < -0.39 is 0 Å². The van der Waals surface area contributed by atoms with Crippen LogP contribution in [0.15, 0.2) is 91.0 Å². The van der Waals surface area contributed by atoms with E-state index in [-0.39, 0.29) is 66.5 Å². The van der Waals surface area contributed by atoms with E-state index >= 15 is 8.78 Å².